The molecule has 0 aromatic carbocycles. The first kappa shape index (κ1) is 7.80. The van der Waals surface area contributed by atoms with Crippen molar-refractivity contribution in [1.82, 2.24) is 9.97 Å². The summed E-state index contributed by atoms with van der Waals surface area (Å²) >= 11 is 3.40. The number of hydrogen-bond acceptors (Lipinski definition) is 1. The number of hydrogen-bond donors (Lipinski definition) is 1. The first-order valence-electron chi connectivity index (χ1n) is 3.79. The van der Waals surface area contributed by atoms with Crippen molar-refractivity contribution in [3.05, 3.63) is 28.0 Å². The van der Waals surface area contributed by atoms with Gasteiger partial charge < -0.3 is 4.98 Å². The van der Waals surface area contributed by atoms with Crippen LogP contribution in [-0.2, 0) is 0 Å². The van der Waals surface area contributed by atoms with Crippen molar-refractivity contribution in [2.24, 2.45) is 0 Å². The van der Waals surface area contributed by atoms with Gasteiger partial charge in [-0.2, -0.15) is 0 Å². The normalized spacial score (nSPS) is 10.9. The van der Waals surface area contributed by atoms with E-state index in [4.69, 9.17) is 0 Å². The molecule has 2 heterocycles. The third-order valence-corrected chi connectivity index (χ3v) is 2.67. The zero-order valence-corrected chi connectivity index (χ0v) is 8.57. The van der Waals surface area contributed by atoms with Crippen molar-refractivity contribution in [1.29, 1.82) is 0 Å². The molecule has 0 aliphatic rings. The fourth-order valence-electron chi connectivity index (χ4n) is 1.27. The van der Waals surface area contributed by atoms with Gasteiger partial charge in [0.15, 0.2) is 0 Å². The maximum atomic E-state index is 4.38. The molecule has 0 saturated carbocycles. The molecule has 2 aromatic rings. The summed E-state index contributed by atoms with van der Waals surface area (Å²) in [6.45, 7) is 4.07. The van der Waals surface area contributed by atoms with E-state index >= 15 is 0 Å². The average molecular weight is 225 g/mol. The van der Waals surface area contributed by atoms with Crippen LogP contribution < -0.4 is 0 Å². The summed E-state index contributed by atoms with van der Waals surface area (Å²) in [7, 11) is 0. The van der Waals surface area contributed by atoms with Crippen molar-refractivity contribution in [3.63, 3.8) is 0 Å². The molecule has 0 unspecified atom stereocenters. The van der Waals surface area contributed by atoms with E-state index in [1.54, 1.807) is 0 Å². The Morgan fingerprint density at radius 2 is 2.08 bits per heavy atom. The molecule has 2 nitrogen and oxygen atoms in total. The van der Waals surface area contributed by atoms with Gasteiger partial charge >= 0.3 is 0 Å². The van der Waals surface area contributed by atoms with Crippen molar-refractivity contribution in [3.8, 4) is 0 Å². The lowest BCUT2D eigenvalue weighted by Crippen LogP contribution is -1.81. The molecule has 0 amide bonds. The Balaban J connectivity index is 2.83. The summed E-state index contributed by atoms with van der Waals surface area (Å²) in [6.07, 6.45) is 0. The average Bonchev–Trinajstić information content (AvgIpc) is 2.30. The Morgan fingerprint density at radius 1 is 1.33 bits per heavy atom. The van der Waals surface area contributed by atoms with Crippen LogP contribution in [0.4, 0.5) is 0 Å². The van der Waals surface area contributed by atoms with Gasteiger partial charge in [-0.3, -0.25) is 0 Å². The maximum Gasteiger partial charge on any atom is 0.109 e. The highest BCUT2D eigenvalue weighted by atomic mass is 79.9. The highest BCUT2D eigenvalue weighted by molar-refractivity contribution is 9.10. The number of H-pyrrole nitrogens is 1. The number of nitrogens with one attached hydrogen (secondary N) is 1. The fourth-order valence-corrected chi connectivity index (χ4v) is 1.57. The first-order chi connectivity index (χ1) is 5.66. The minimum atomic E-state index is 0.925. The van der Waals surface area contributed by atoms with Crippen molar-refractivity contribution < 1.29 is 0 Å². The van der Waals surface area contributed by atoms with Crippen LogP contribution in [0.5, 0.6) is 0 Å². The summed E-state index contributed by atoms with van der Waals surface area (Å²) in [5, 5.41) is 0. The summed E-state index contributed by atoms with van der Waals surface area (Å²) in [5.41, 5.74) is 4.43. The van der Waals surface area contributed by atoms with Crippen LogP contribution in [-0.4, -0.2) is 9.97 Å². The number of aromatic amines is 1. The van der Waals surface area contributed by atoms with Crippen LogP contribution >= 0.6 is 15.9 Å². The van der Waals surface area contributed by atoms with Gasteiger partial charge in [0.1, 0.15) is 4.60 Å². The quantitative estimate of drug-likeness (QED) is 0.686. The Morgan fingerprint density at radius 3 is 2.83 bits per heavy atom. The number of nitrogens with zero attached hydrogens (tertiary/aromatic N) is 1. The van der Waals surface area contributed by atoms with Gasteiger partial charge in [0, 0.05) is 5.69 Å². The molecule has 0 saturated heterocycles. The van der Waals surface area contributed by atoms with Gasteiger partial charge in [0.25, 0.3) is 0 Å². The van der Waals surface area contributed by atoms with Crippen LogP contribution in [0.25, 0.3) is 11.0 Å². The van der Waals surface area contributed by atoms with E-state index in [-0.39, 0.29) is 0 Å². The van der Waals surface area contributed by atoms with E-state index in [9.17, 15) is 0 Å². The predicted octanol–water partition coefficient (Wildman–Crippen LogP) is 2.94. The molecular weight excluding hydrogens is 216 g/mol. The molecule has 2 aromatic heterocycles. The highest BCUT2D eigenvalue weighted by Crippen LogP contribution is 2.20. The lowest BCUT2D eigenvalue weighted by atomic mass is 10.3. The lowest BCUT2D eigenvalue weighted by molar-refractivity contribution is 1.27. The highest BCUT2D eigenvalue weighted by Gasteiger charge is 2.01. The van der Waals surface area contributed by atoms with Crippen LogP contribution in [0.15, 0.2) is 16.7 Å². The molecule has 0 fully saturated rings. The van der Waals surface area contributed by atoms with E-state index in [1.807, 2.05) is 19.9 Å². The summed E-state index contributed by atoms with van der Waals surface area (Å²) in [5.74, 6) is 0. The first-order valence-corrected chi connectivity index (χ1v) is 4.58. The molecule has 0 atom stereocenters. The molecule has 2 rings (SSSR count). The second kappa shape index (κ2) is 2.59. The van der Waals surface area contributed by atoms with E-state index < -0.39 is 0 Å². The molecule has 0 radical (unpaired) electrons. The maximum absolute atomic E-state index is 4.38. The number of aromatic nitrogens is 2. The molecule has 0 spiro atoms. The summed E-state index contributed by atoms with van der Waals surface area (Å²) in [6, 6.07) is 4.14. The zero-order chi connectivity index (χ0) is 8.72. The number of fused-ring (bicyclic) bond motifs is 1. The van der Waals surface area contributed by atoms with Crippen LogP contribution in [0, 0.1) is 13.8 Å². The van der Waals surface area contributed by atoms with Gasteiger partial charge in [0.05, 0.1) is 11.0 Å². The molecular formula is C9H9BrN2. The van der Waals surface area contributed by atoms with E-state index in [1.165, 1.54) is 0 Å². The van der Waals surface area contributed by atoms with Crippen molar-refractivity contribution in [2.75, 3.05) is 0 Å². The molecule has 0 aliphatic heterocycles. The Labute approximate surface area is 79.1 Å². The minimum Gasteiger partial charge on any atom is -0.357 e. The molecule has 12 heavy (non-hydrogen) atoms. The number of halogens is 1. The van der Waals surface area contributed by atoms with Crippen molar-refractivity contribution in [2.45, 2.75) is 13.8 Å². The summed E-state index contributed by atoms with van der Waals surface area (Å²) < 4.78 is 0.925. The fraction of sp³-hybridized carbons (Fsp3) is 0.222. The monoisotopic (exact) mass is 224 g/mol. The second-order valence-electron chi connectivity index (χ2n) is 2.98. The van der Waals surface area contributed by atoms with Crippen LogP contribution in [0.2, 0.25) is 0 Å². The lowest BCUT2D eigenvalue weighted by Gasteiger charge is -1.95. The molecule has 0 aliphatic carbocycles. The minimum absolute atomic E-state index is 0.925. The number of aryl methyl sites for hydroxylation is 2. The predicted molar refractivity (Wildman–Crippen MR) is 53.3 cm³/mol. The molecule has 1 N–H and O–H groups in total. The van der Waals surface area contributed by atoms with Gasteiger partial charge in [-0.1, -0.05) is 0 Å². The molecule has 62 valence electrons. The van der Waals surface area contributed by atoms with E-state index in [2.05, 4.69) is 32.0 Å². The topological polar surface area (TPSA) is 28.7 Å². The smallest absolute Gasteiger partial charge is 0.109 e. The van der Waals surface area contributed by atoms with Crippen molar-refractivity contribution >= 4 is 27.0 Å². The van der Waals surface area contributed by atoms with Gasteiger partial charge in [-0.15, -0.1) is 0 Å². The van der Waals surface area contributed by atoms with Gasteiger partial charge in [-0.25, -0.2) is 4.98 Å². The second-order valence-corrected chi connectivity index (χ2v) is 3.73. The zero-order valence-electron chi connectivity index (χ0n) is 6.98. The van der Waals surface area contributed by atoms with Crippen LogP contribution in [0.3, 0.4) is 0 Å². The van der Waals surface area contributed by atoms with E-state index in [0.717, 1.165) is 26.9 Å². The SMILES string of the molecule is Cc1cc2nc(Br)c(C)cc2[nH]1. The third kappa shape index (κ3) is 1.14. The third-order valence-electron chi connectivity index (χ3n) is 1.87. The van der Waals surface area contributed by atoms with Gasteiger partial charge in [-0.05, 0) is 47.5 Å². The summed E-state index contributed by atoms with van der Waals surface area (Å²) in [4.78, 5) is 7.62. The number of rotatable bonds is 0. The standard InChI is InChI=1S/C9H9BrN2/c1-5-3-7-8(12-9(5)10)4-6(2)11-7/h3-4,11H,1-2H3. The number of pyridine rings is 1. The largest absolute Gasteiger partial charge is 0.357 e. The molecule has 3 heteroatoms. The Hall–Kier alpha value is -0.830. The Bertz CT molecular complexity index is 392. The Kier molecular flexibility index (Phi) is 1.68. The van der Waals surface area contributed by atoms with E-state index in [0.29, 0.717) is 0 Å². The van der Waals surface area contributed by atoms with Crippen LogP contribution in [0.1, 0.15) is 11.3 Å². The molecule has 0 bridgehead atoms. The van der Waals surface area contributed by atoms with Gasteiger partial charge in [0.2, 0.25) is 0 Å².